The van der Waals surface area contributed by atoms with Crippen molar-refractivity contribution in [3.8, 4) is 0 Å². The molecule has 2 amide bonds. The summed E-state index contributed by atoms with van der Waals surface area (Å²) in [5.74, 6) is 0.136. The van der Waals surface area contributed by atoms with Gasteiger partial charge in [-0.2, -0.15) is 17.0 Å². The summed E-state index contributed by atoms with van der Waals surface area (Å²) in [5, 5.41) is 0. The largest absolute Gasteiger partial charge is 0.342 e. The average molecular weight is 401 g/mol. The zero-order valence-electron chi connectivity index (χ0n) is 16.3. The van der Waals surface area contributed by atoms with Crippen molar-refractivity contribution in [3.05, 3.63) is 0 Å². The van der Waals surface area contributed by atoms with Gasteiger partial charge < -0.3 is 9.80 Å². The van der Waals surface area contributed by atoms with Crippen molar-refractivity contribution in [1.29, 1.82) is 0 Å². The Morgan fingerprint density at radius 1 is 1.04 bits per heavy atom. The Morgan fingerprint density at radius 2 is 1.70 bits per heavy atom. The highest BCUT2D eigenvalue weighted by atomic mass is 32.2. The van der Waals surface area contributed by atoms with E-state index >= 15 is 0 Å². The SMILES string of the molecule is CN(C1CCCCC1)S(=O)(=O)N1CCN(C(=O)CCN2CCCC2=O)CC1. The third kappa shape index (κ3) is 4.81. The lowest BCUT2D eigenvalue weighted by atomic mass is 9.96. The van der Waals surface area contributed by atoms with Crippen LogP contribution >= 0.6 is 0 Å². The highest BCUT2D eigenvalue weighted by Gasteiger charge is 2.35. The lowest BCUT2D eigenvalue weighted by molar-refractivity contribution is -0.133. The van der Waals surface area contributed by atoms with Gasteiger partial charge in [-0.05, 0) is 19.3 Å². The van der Waals surface area contributed by atoms with Crippen LogP contribution in [0.5, 0.6) is 0 Å². The molecule has 0 aromatic carbocycles. The van der Waals surface area contributed by atoms with E-state index in [1.807, 2.05) is 0 Å². The molecule has 2 saturated heterocycles. The van der Waals surface area contributed by atoms with Crippen molar-refractivity contribution in [2.45, 2.75) is 57.4 Å². The highest BCUT2D eigenvalue weighted by Crippen LogP contribution is 2.25. The Balaban J connectivity index is 1.47. The zero-order valence-corrected chi connectivity index (χ0v) is 17.1. The molecule has 0 radical (unpaired) electrons. The number of hydrogen-bond donors (Lipinski definition) is 0. The normalized spacial score (nSPS) is 23.4. The molecule has 0 aromatic rings. The summed E-state index contributed by atoms with van der Waals surface area (Å²) < 4.78 is 28.9. The lowest BCUT2D eigenvalue weighted by Crippen LogP contribution is -2.55. The molecule has 0 unspecified atom stereocenters. The van der Waals surface area contributed by atoms with Gasteiger partial charge >= 0.3 is 0 Å². The molecule has 1 aliphatic carbocycles. The molecule has 1 saturated carbocycles. The first-order chi connectivity index (χ1) is 12.9. The molecule has 2 aliphatic heterocycles. The van der Waals surface area contributed by atoms with Crippen molar-refractivity contribution < 1.29 is 18.0 Å². The monoisotopic (exact) mass is 400 g/mol. The molecule has 3 rings (SSSR count). The molecule has 2 heterocycles. The van der Waals surface area contributed by atoms with E-state index in [1.54, 1.807) is 21.2 Å². The Kier molecular flexibility index (Phi) is 6.75. The summed E-state index contributed by atoms with van der Waals surface area (Å²) >= 11 is 0. The fraction of sp³-hybridized carbons (Fsp3) is 0.889. The van der Waals surface area contributed by atoms with Crippen molar-refractivity contribution in [2.75, 3.05) is 46.3 Å². The van der Waals surface area contributed by atoms with Crippen LogP contribution in [0.15, 0.2) is 0 Å². The number of carbonyl (C=O) groups is 2. The number of rotatable bonds is 6. The van der Waals surface area contributed by atoms with Gasteiger partial charge in [-0.3, -0.25) is 9.59 Å². The van der Waals surface area contributed by atoms with E-state index < -0.39 is 10.2 Å². The van der Waals surface area contributed by atoms with E-state index in [4.69, 9.17) is 0 Å². The number of amides is 2. The van der Waals surface area contributed by atoms with Gasteiger partial charge in [0.15, 0.2) is 0 Å². The molecule has 3 fully saturated rings. The second-order valence-electron chi connectivity index (χ2n) is 7.83. The van der Waals surface area contributed by atoms with E-state index in [2.05, 4.69) is 0 Å². The first-order valence-electron chi connectivity index (χ1n) is 10.2. The maximum atomic E-state index is 12.9. The minimum absolute atomic E-state index is 0.00684. The Bertz CT molecular complexity index is 640. The van der Waals surface area contributed by atoms with Gasteiger partial charge in [0.2, 0.25) is 11.8 Å². The van der Waals surface area contributed by atoms with E-state index in [1.165, 1.54) is 10.7 Å². The van der Waals surface area contributed by atoms with Crippen LogP contribution in [0.25, 0.3) is 0 Å². The van der Waals surface area contributed by atoms with Gasteiger partial charge in [0.25, 0.3) is 10.2 Å². The van der Waals surface area contributed by atoms with Crippen molar-refractivity contribution in [2.24, 2.45) is 0 Å². The second kappa shape index (κ2) is 8.87. The third-order valence-electron chi connectivity index (χ3n) is 6.14. The molecule has 9 heteroatoms. The van der Waals surface area contributed by atoms with Gasteiger partial charge in [0.05, 0.1) is 0 Å². The van der Waals surface area contributed by atoms with Crippen LogP contribution in [0, 0.1) is 0 Å². The Morgan fingerprint density at radius 3 is 2.30 bits per heavy atom. The lowest BCUT2D eigenvalue weighted by Gasteiger charge is -2.38. The quantitative estimate of drug-likeness (QED) is 0.656. The van der Waals surface area contributed by atoms with E-state index in [0.717, 1.165) is 38.6 Å². The Hall–Kier alpha value is -1.19. The summed E-state index contributed by atoms with van der Waals surface area (Å²) in [4.78, 5) is 27.5. The smallest absolute Gasteiger partial charge is 0.282 e. The number of likely N-dealkylation sites (tertiary alicyclic amines) is 1. The molecule has 27 heavy (non-hydrogen) atoms. The molecule has 8 nitrogen and oxygen atoms in total. The zero-order chi connectivity index (χ0) is 19.4. The summed E-state index contributed by atoms with van der Waals surface area (Å²) in [5.41, 5.74) is 0. The number of piperazine rings is 1. The molecule has 3 aliphatic rings. The van der Waals surface area contributed by atoms with Crippen LogP contribution in [0.2, 0.25) is 0 Å². The highest BCUT2D eigenvalue weighted by molar-refractivity contribution is 7.86. The Labute approximate surface area is 162 Å². The summed E-state index contributed by atoms with van der Waals surface area (Å²) in [6.45, 7) is 2.74. The molecular weight excluding hydrogens is 368 g/mol. The van der Waals surface area contributed by atoms with Crippen molar-refractivity contribution in [1.82, 2.24) is 18.4 Å². The molecule has 0 spiro atoms. The summed E-state index contributed by atoms with van der Waals surface area (Å²) in [6.07, 6.45) is 7.01. The standard InChI is InChI=1S/C18H32N4O4S/c1-19(16-6-3-2-4-7-16)27(25,26)22-14-12-21(13-15-22)18(24)9-11-20-10-5-8-17(20)23/h16H,2-15H2,1H3. The van der Waals surface area contributed by atoms with E-state index in [-0.39, 0.29) is 17.9 Å². The number of carbonyl (C=O) groups excluding carboxylic acids is 2. The number of nitrogens with zero attached hydrogens (tertiary/aromatic N) is 4. The van der Waals surface area contributed by atoms with Gasteiger partial charge in [0.1, 0.15) is 0 Å². The predicted octanol–water partition coefficient (Wildman–Crippen LogP) is 0.652. The van der Waals surface area contributed by atoms with Gasteiger partial charge in [0, 0.05) is 65.2 Å². The van der Waals surface area contributed by atoms with Crippen LogP contribution in [0.4, 0.5) is 0 Å². The molecule has 0 bridgehead atoms. The van der Waals surface area contributed by atoms with Crippen LogP contribution in [0.3, 0.4) is 0 Å². The summed E-state index contributed by atoms with van der Waals surface area (Å²) in [7, 11) is -1.78. The van der Waals surface area contributed by atoms with Crippen LogP contribution < -0.4 is 0 Å². The first-order valence-corrected chi connectivity index (χ1v) is 11.6. The van der Waals surface area contributed by atoms with Gasteiger partial charge in [-0.1, -0.05) is 19.3 Å². The van der Waals surface area contributed by atoms with Crippen LogP contribution in [-0.2, 0) is 19.8 Å². The molecule has 154 valence electrons. The molecular formula is C18H32N4O4S. The fourth-order valence-corrected chi connectivity index (χ4v) is 5.89. The van der Waals surface area contributed by atoms with Crippen LogP contribution in [0.1, 0.15) is 51.4 Å². The average Bonchev–Trinajstić information content (AvgIpc) is 3.11. The molecule has 0 atom stereocenters. The van der Waals surface area contributed by atoms with Gasteiger partial charge in [-0.25, -0.2) is 0 Å². The third-order valence-corrected chi connectivity index (χ3v) is 8.18. The van der Waals surface area contributed by atoms with Crippen LogP contribution in [-0.4, -0.2) is 91.0 Å². The minimum atomic E-state index is -3.47. The maximum absolute atomic E-state index is 12.9. The first kappa shape index (κ1) is 20.5. The van der Waals surface area contributed by atoms with Gasteiger partial charge in [-0.15, -0.1) is 0 Å². The number of hydrogen-bond acceptors (Lipinski definition) is 4. The topological polar surface area (TPSA) is 81.2 Å². The summed E-state index contributed by atoms with van der Waals surface area (Å²) in [6, 6.07) is 0.0985. The van der Waals surface area contributed by atoms with E-state index in [0.29, 0.717) is 45.6 Å². The minimum Gasteiger partial charge on any atom is -0.342 e. The predicted molar refractivity (Wildman–Crippen MR) is 102 cm³/mol. The maximum Gasteiger partial charge on any atom is 0.282 e. The second-order valence-corrected chi connectivity index (χ2v) is 9.82. The van der Waals surface area contributed by atoms with E-state index in [9.17, 15) is 18.0 Å². The van der Waals surface area contributed by atoms with Crippen molar-refractivity contribution >= 4 is 22.0 Å². The fourth-order valence-electron chi connectivity index (χ4n) is 4.31. The molecule has 0 aromatic heterocycles. The van der Waals surface area contributed by atoms with Crippen molar-refractivity contribution in [3.63, 3.8) is 0 Å². The molecule has 0 N–H and O–H groups in total.